The Bertz CT molecular complexity index is 1300. The maximum Gasteiger partial charge on any atom is 0.157 e. The first-order chi connectivity index (χ1) is 18.4. The monoisotopic (exact) mass is 504 g/mol. The van der Waals surface area contributed by atoms with E-state index in [1.54, 1.807) is 0 Å². The van der Waals surface area contributed by atoms with Crippen LogP contribution in [0.2, 0.25) is 0 Å². The molecule has 0 saturated heterocycles. The molecule has 0 aliphatic rings. The molecule has 0 N–H and O–H groups in total. The smallest absolute Gasteiger partial charge is 0.157 e. The Kier molecular flexibility index (Phi) is 12.9. The van der Waals surface area contributed by atoms with E-state index in [0.29, 0.717) is 18.2 Å². The molecular weight excluding hydrogens is 464 g/mol. The molecule has 0 bridgehead atoms. The van der Waals surface area contributed by atoms with Crippen molar-refractivity contribution in [1.29, 1.82) is 0 Å². The first-order valence-corrected chi connectivity index (χ1v) is 12.8. The summed E-state index contributed by atoms with van der Waals surface area (Å²) in [6.45, 7) is 14.1. The molecule has 0 unspecified atom stereocenters. The largest absolute Gasteiger partial charge is 0.377 e. The van der Waals surface area contributed by atoms with Gasteiger partial charge in [0, 0.05) is 25.4 Å². The fourth-order valence-corrected chi connectivity index (χ4v) is 3.62. The third-order valence-corrected chi connectivity index (χ3v) is 5.48. The first kappa shape index (κ1) is 29.9. The third-order valence-electron chi connectivity index (χ3n) is 5.48. The molecule has 0 radical (unpaired) electrons. The second-order valence-corrected chi connectivity index (χ2v) is 8.87. The second-order valence-electron chi connectivity index (χ2n) is 8.87. The number of benzene rings is 2. The van der Waals surface area contributed by atoms with E-state index in [1.807, 2.05) is 71.3 Å². The highest BCUT2D eigenvalue weighted by Crippen LogP contribution is 2.21. The Balaban J connectivity index is 2.37. The molecule has 0 heterocycles. The molecule has 38 heavy (non-hydrogen) atoms. The van der Waals surface area contributed by atoms with Gasteiger partial charge in [0.2, 0.25) is 0 Å². The summed E-state index contributed by atoms with van der Waals surface area (Å²) in [6.07, 6.45) is 19.4. The van der Waals surface area contributed by atoms with Gasteiger partial charge in [-0.1, -0.05) is 91.6 Å². The van der Waals surface area contributed by atoms with Gasteiger partial charge in [0.1, 0.15) is 5.84 Å². The normalized spacial score (nSPS) is 13.3. The zero-order chi connectivity index (χ0) is 27.8. The van der Waals surface area contributed by atoms with Crippen LogP contribution in [0.15, 0.2) is 124 Å². The Morgan fingerprint density at radius 2 is 1.71 bits per heavy atom. The van der Waals surface area contributed by atoms with Crippen LogP contribution in [0.1, 0.15) is 49.4 Å². The Labute approximate surface area is 229 Å². The predicted molar refractivity (Wildman–Crippen MR) is 169 cm³/mol. The summed E-state index contributed by atoms with van der Waals surface area (Å²) in [6, 6.07) is 16.6. The molecule has 0 aliphatic carbocycles. The summed E-state index contributed by atoms with van der Waals surface area (Å²) in [5.74, 6) is 1.21. The van der Waals surface area contributed by atoms with Crippen LogP contribution in [0.4, 0.5) is 0 Å². The lowest BCUT2D eigenvalue weighted by atomic mass is 10.0. The van der Waals surface area contributed by atoms with Crippen molar-refractivity contribution in [2.24, 2.45) is 15.0 Å². The highest BCUT2D eigenvalue weighted by Gasteiger charge is 2.07. The van der Waals surface area contributed by atoms with Gasteiger partial charge in [-0.2, -0.15) is 0 Å². The predicted octanol–water partition coefficient (Wildman–Crippen LogP) is 8.32. The van der Waals surface area contributed by atoms with E-state index in [9.17, 15) is 0 Å². The average molecular weight is 505 g/mol. The minimum atomic E-state index is 0.490. The number of aliphatic imine (C=N–C) groups is 3. The van der Waals surface area contributed by atoms with Crippen LogP contribution in [0.3, 0.4) is 0 Å². The fraction of sp³-hybridized carbons (Fsp3) is 0.206. The summed E-state index contributed by atoms with van der Waals surface area (Å²) in [4.78, 5) is 15.6. The minimum Gasteiger partial charge on any atom is -0.377 e. The number of allylic oxidation sites excluding steroid dienone is 9. The van der Waals surface area contributed by atoms with E-state index in [-0.39, 0.29) is 0 Å². The average Bonchev–Trinajstić information content (AvgIpc) is 2.91. The maximum atomic E-state index is 4.90. The van der Waals surface area contributed by atoms with Crippen LogP contribution in [-0.2, 0) is 6.54 Å². The summed E-state index contributed by atoms with van der Waals surface area (Å²) < 4.78 is 0. The van der Waals surface area contributed by atoms with E-state index in [0.717, 1.165) is 39.9 Å². The van der Waals surface area contributed by atoms with Crippen molar-refractivity contribution in [3.63, 3.8) is 0 Å². The van der Waals surface area contributed by atoms with Crippen LogP contribution < -0.4 is 0 Å². The highest BCUT2D eigenvalue weighted by atomic mass is 15.1. The molecule has 0 saturated carbocycles. The molecule has 2 aromatic rings. The summed E-state index contributed by atoms with van der Waals surface area (Å²) in [7, 11) is 4.08. The van der Waals surface area contributed by atoms with Gasteiger partial charge in [0.25, 0.3) is 0 Å². The molecule has 0 amide bonds. The van der Waals surface area contributed by atoms with Crippen LogP contribution >= 0.6 is 0 Å². The van der Waals surface area contributed by atoms with Crippen molar-refractivity contribution >= 4 is 30.2 Å². The Hall–Kier alpha value is -4.31. The fourth-order valence-electron chi connectivity index (χ4n) is 3.62. The molecule has 196 valence electrons. The molecule has 0 fully saturated rings. The molecule has 0 aliphatic heterocycles. The summed E-state index contributed by atoms with van der Waals surface area (Å²) in [5, 5.41) is 0. The van der Waals surface area contributed by atoms with Gasteiger partial charge in [-0.05, 0) is 74.4 Å². The van der Waals surface area contributed by atoms with Gasteiger partial charge < -0.3 is 4.90 Å². The zero-order valence-electron chi connectivity index (χ0n) is 23.4. The Morgan fingerprint density at radius 1 is 0.947 bits per heavy atom. The van der Waals surface area contributed by atoms with E-state index >= 15 is 0 Å². The number of amidine groups is 2. The van der Waals surface area contributed by atoms with Crippen molar-refractivity contribution in [3.05, 3.63) is 132 Å². The standard InChI is InChI=1S/C34H40N4/c1-8-10-11-12-13-14-18-29-19-15-22-32(24-29)34(37-28(4)35-5)36-26-30-20-16-21-31(25-30)33(38(6)7)23-27(3)17-9-2/h8-12,14-25H,3,5,13,26H2,1-2,4,6-7H3/b10-8+,12-11-,17-9-,18-14+,33-23-,36-34?,37-28?. The van der Waals surface area contributed by atoms with Crippen LogP contribution in [0.25, 0.3) is 11.8 Å². The number of rotatable bonds is 11. The van der Waals surface area contributed by atoms with E-state index < -0.39 is 0 Å². The van der Waals surface area contributed by atoms with Crippen molar-refractivity contribution in [3.8, 4) is 0 Å². The topological polar surface area (TPSA) is 40.3 Å². The van der Waals surface area contributed by atoms with Crippen molar-refractivity contribution in [1.82, 2.24) is 4.90 Å². The summed E-state index contributed by atoms with van der Waals surface area (Å²) in [5.41, 5.74) is 6.27. The van der Waals surface area contributed by atoms with Gasteiger partial charge >= 0.3 is 0 Å². The van der Waals surface area contributed by atoms with Crippen LogP contribution in [0.5, 0.6) is 0 Å². The third kappa shape index (κ3) is 10.4. The molecular formula is C34H40N4. The highest BCUT2D eigenvalue weighted by molar-refractivity contribution is 6.07. The number of nitrogens with zero attached hydrogens (tertiary/aromatic N) is 4. The van der Waals surface area contributed by atoms with Gasteiger partial charge in [-0.3, -0.25) is 4.99 Å². The summed E-state index contributed by atoms with van der Waals surface area (Å²) >= 11 is 0. The molecule has 2 rings (SSSR count). The maximum absolute atomic E-state index is 4.90. The molecule has 0 aromatic heterocycles. The first-order valence-electron chi connectivity index (χ1n) is 12.8. The SMILES string of the molecule is C=NC(C)=NC(=NCc1cccc(/C(=C/C(=C)/C=C\C)N(C)C)c1)c1cccc(/C=C/C/C=C\C=C\C)c1. The second kappa shape index (κ2) is 16.4. The lowest BCUT2D eigenvalue weighted by Gasteiger charge is -2.18. The lowest BCUT2D eigenvalue weighted by Crippen LogP contribution is -2.10. The van der Waals surface area contributed by atoms with Crippen molar-refractivity contribution < 1.29 is 0 Å². The Morgan fingerprint density at radius 3 is 2.42 bits per heavy atom. The molecule has 2 aromatic carbocycles. The minimum absolute atomic E-state index is 0.490. The van der Waals surface area contributed by atoms with Crippen molar-refractivity contribution in [2.45, 2.75) is 33.7 Å². The number of hydrogen-bond donors (Lipinski definition) is 0. The molecule has 0 atom stereocenters. The van der Waals surface area contributed by atoms with E-state index in [4.69, 9.17) is 4.99 Å². The van der Waals surface area contributed by atoms with Gasteiger partial charge in [0.05, 0.1) is 6.54 Å². The van der Waals surface area contributed by atoms with E-state index in [2.05, 4.69) is 95.0 Å². The van der Waals surface area contributed by atoms with Gasteiger partial charge in [-0.25, -0.2) is 9.98 Å². The molecule has 0 spiro atoms. The van der Waals surface area contributed by atoms with Gasteiger partial charge in [0.15, 0.2) is 5.84 Å². The quantitative estimate of drug-likeness (QED) is 0.172. The zero-order valence-corrected chi connectivity index (χ0v) is 23.4. The molecule has 4 nitrogen and oxygen atoms in total. The molecule has 4 heteroatoms. The number of hydrogen-bond acceptors (Lipinski definition) is 2. The van der Waals surface area contributed by atoms with Gasteiger partial charge in [-0.15, -0.1) is 0 Å². The lowest BCUT2D eigenvalue weighted by molar-refractivity contribution is 0.591. The van der Waals surface area contributed by atoms with Crippen LogP contribution in [-0.4, -0.2) is 37.4 Å². The van der Waals surface area contributed by atoms with Crippen LogP contribution in [0, 0.1) is 0 Å². The van der Waals surface area contributed by atoms with Crippen molar-refractivity contribution in [2.75, 3.05) is 14.1 Å². The van der Waals surface area contributed by atoms with E-state index in [1.165, 1.54) is 0 Å².